The van der Waals surface area contributed by atoms with E-state index in [-0.39, 0.29) is 11.5 Å². The molecule has 1 aliphatic carbocycles. The first-order chi connectivity index (χ1) is 16.7. The molecule has 2 heterocycles. The highest BCUT2D eigenvalue weighted by molar-refractivity contribution is 7.07. The number of rotatable bonds is 5. The lowest BCUT2D eigenvalue weighted by Crippen LogP contribution is -2.11. The lowest BCUT2D eigenvalue weighted by Gasteiger charge is -2.22. The van der Waals surface area contributed by atoms with Gasteiger partial charge in [-0.2, -0.15) is 5.10 Å². The van der Waals surface area contributed by atoms with Crippen LogP contribution in [0, 0.1) is 0 Å². The first-order valence-electron chi connectivity index (χ1n) is 11.5. The predicted molar refractivity (Wildman–Crippen MR) is 136 cm³/mol. The Morgan fingerprint density at radius 3 is 2.53 bits per heavy atom. The van der Waals surface area contributed by atoms with E-state index in [1.807, 2.05) is 12.1 Å². The minimum atomic E-state index is -0.182. The molecule has 0 atom stereocenters. The maximum atomic E-state index is 9.83. The number of phenolic OH excluding ortho intramolecular Hbond substituents is 2. The standard InChI is InChI=1S/C27H26N4O2S/c32-25-13-8-19(15-26(25)33)16-29-31-24(18-34-27(31)30-23-7-4-14-28-17-23)22-11-9-21(10-12-22)20-5-2-1-3-6-20/h4,7-18,20,32-33H,1-3,5-6H2. The first kappa shape index (κ1) is 22.1. The molecular formula is C27H26N4O2S. The molecule has 0 saturated heterocycles. The second-order valence-electron chi connectivity index (χ2n) is 8.49. The molecule has 0 aliphatic heterocycles. The van der Waals surface area contributed by atoms with Crippen LogP contribution in [0.5, 0.6) is 11.5 Å². The minimum absolute atomic E-state index is 0.161. The van der Waals surface area contributed by atoms with E-state index < -0.39 is 0 Å². The molecule has 0 unspecified atom stereocenters. The van der Waals surface area contributed by atoms with Gasteiger partial charge in [-0.25, -0.2) is 9.67 Å². The monoisotopic (exact) mass is 470 g/mol. The van der Waals surface area contributed by atoms with Crippen LogP contribution in [0.4, 0.5) is 5.69 Å². The van der Waals surface area contributed by atoms with Crippen LogP contribution in [0.25, 0.3) is 11.3 Å². The largest absolute Gasteiger partial charge is 0.504 e. The Morgan fingerprint density at radius 1 is 0.971 bits per heavy atom. The van der Waals surface area contributed by atoms with Gasteiger partial charge < -0.3 is 10.2 Å². The van der Waals surface area contributed by atoms with Crippen LogP contribution in [0.15, 0.2) is 82.5 Å². The number of phenols is 2. The van der Waals surface area contributed by atoms with Crippen molar-refractivity contribution < 1.29 is 10.2 Å². The lowest BCUT2D eigenvalue weighted by molar-refractivity contribution is 0.403. The average Bonchev–Trinajstić information content (AvgIpc) is 3.28. The number of benzene rings is 2. The molecule has 0 radical (unpaired) electrons. The quantitative estimate of drug-likeness (QED) is 0.270. The number of nitrogens with zero attached hydrogens (tertiary/aromatic N) is 4. The Kier molecular flexibility index (Phi) is 6.53. The number of aromatic nitrogens is 2. The van der Waals surface area contributed by atoms with E-state index in [4.69, 9.17) is 4.99 Å². The van der Waals surface area contributed by atoms with Gasteiger partial charge in [0.1, 0.15) is 0 Å². The van der Waals surface area contributed by atoms with Gasteiger partial charge in [0.05, 0.1) is 23.8 Å². The topological polar surface area (TPSA) is 83.0 Å². The fraction of sp³-hybridized carbons (Fsp3) is 0.222. The molecule has 2 aromatic heterocycles. The number of hydrogen-bond acceptors (Lipinski definition) is 6. The lowest BCUT2D eigenvalue weighted by atomic mass is 9.84. The van der Waals surface area contributed by atoms with Gasteiger partial charge in [0.2, 0.25) is 4.80 Å². The maximum absolute atomic E-state index is 9.83. The van der Waals surface area contributed by atoms with Crippen LogP contribution in [0.2, 0.25) is 0 Å². The summed E-state index contributed by atoms with van der Waals surface area (Å²) >= 11 is 1.50. The molecule has 172 valence electrons. The smallest absolute Gasteiger partial charge is 0.211 e. The summed E-state index contributed by atoms with van der Waals surface area (Å²) in [6.45, 7) is 0. The highest BCUT2D eigenvalue weighted by atomic mass is 32.1. The summed E-state index contributed by atoms with van der Waals surface area (Å²) in [6.07, 6.45) is 11.6. The van der Waals surface area contributed by atoms with Crippen molar-refractivity contribution in [1.29, 1.82) is 0 Å². The Morgan fingerprint density at radius 2 is 1.79 bits per heavy atom. The molecular weight excluding hydrogens is 444 g/mol. The van der Waals surface area contributed by atoms with Gasteiger partial charge in [0, 0.05) is 17.1 Å². The minimum Gasteiger partial charge on any atom is -0.504 e. The summed E-state index contributed by atoms with van der Waals surface area (Å²) in [4.78, 5) is 9.60. The van der Waals surface area contributed by atoms with Crippen LogP contribution in [-0.2, 0) is 0 Å². The molecule has 1 aliphatic rings. The zero-order valence-corrected chi connectivity index (χ0v) is 19.5. The molecule has 7 heteroatoms. The van der Waals surface area contributed by atoms with Crippen molar-refractivity contribution in [3.05, 3.63) is 88.3 Å². The summed E-state index contributed by atoms with van der Waals surface area (Å²) in [5, 5.41) is 26.2. The fourth-order valence-electron chi connectivity index (χ4n) is 4.32. The van der Waals surface area contributed by atoms with E-state index in [2.05, 4.69) is 39.7 Å². The number of pyridine rings is 1. The molecule has 1 saturated carbocycles. The van der Waals surface area contributed by atoms with E-state index in [0.717, 1.165) is 16.9 Å². The van der Waals surface area contributed by atoms with Crippen LogP contribution in [-0.4, -0.2) is 26.1 Å². The SMILES string of the molecule is Oc1ccc(C=Nn2c(-c3ccc(C4CCCCC4)cc3)csc2=Nc2cccnc2)cc1O. The molecule has 4 aromatic rings. The molecule has 2 N–H and O–H groups in total. The molecule has 0 bridgehead atoms. The van der Waals surface area contributed by atoms with E-state index in [1.54, 1.807) is 29.4 Å². The van der Waals surface area contributed by atoms with Crippen molar-refractivity contribution >= 4 is 23.2 Å². The van der Waals surface area contributed by atoms with Crippen molar-refractivity contribution in [2.45, 2.75) is 38.0 Å². The summed E-state index contributed by atoms with van der Waals surface area (Å²) in [5.41, 5.74) is 4.82. The summed E-state index contributed by atoms with van der Waals surface area (Å²) in [6, 6.07) is 17.2. The maximum Gasteiger partial charge on any atom is 0.211 e. The van der Waals surface area contributed by atoms with Gasteiger partial charge in [-0.1, -0.05) is 43.5 Å². The summed E-state index contributed by atoms with van der Waals surface area (Å²) in [7, 11) is 0. The Bertz CT molecular complexity index is 1350. The van der Waals surface area contributed by atoms with Crippen LogP contribution in [0.3, 0.4) is 0 Å². The molecule has 34 heavy (non-hydrogen) atoms. The third kappa shape index (κ3) is 4.94. The molecule has 0 spiro atoms. The van der Waals surface area contributed by atoms with Gasteiger partial charge in [-0.05, 0) is 60.2 Å². The third-order valence-electron chi connectivity index (χ3n) is 6.16. The second kappa shape index (κ2) is 10.1. The van der Waals surface area contributed by atoms with Gasteiger partial charge in [-0.3, -0.25) is 4.98 Å². The second-order valence-corrected chi connectivity index (χ2v) is 9.32. The van der Waals surface area contributed by atoms with E-state index >= 15 is 0 Å². The summed E-state index contributed by atoms with van der Waals surface area (Å²) in [5.74, 6) is 0.318. The van der Waals surface area contributed by atoms with Crippen molar-refractivity contribution in [3.63, 3.8) is 0 Å². The van der Waals surface area contributed by atoms with Crippen molar-refractivity contribution in [2.24, 2.45) is 10.1 Å². The van der Waals surface area contributed by atoms with Crippen molar-refractivity contribution in [2.75, 3.05) is 0 Å². The molecule has 1 fully saturated rings. The van der Waals surface area contributed by atoms with Crippen molar-refractivity contribution in [1.82, 2.24) is 9.66 Å². The third-order valence-corrected chi connectivity index (χ3v) is 6.98. The number of aromatic hydroxyl groups is 2. The van der Waals surface area contributed by atoms with Crippen LogP contribution < -0.4 is 4.80 Å². The van der Waals surface area contributed by atoms with Crippen LogP contribution in [0.1, 0.15) is 49.1 Å². The zero-order chi connectivity index (χ0) is 23.3. The zero-order valence-electron chi connectivity index (χ0n) is 18.7. The van der Waals surface area contributed by atoms with Gasteiger partial charge in [0.25, 0.3) is 0 Å². The highest BCUT2D eigenvalue weighted by Gasteiger charge is 2.16. The highest BCUT2D eigenvalue weighted by Crippen LogP contribution is 2.33. The van der Waals surface area contributed by atoms with E-state index in [1.165, 1.54) is 61.1 Å². The number of hydrogen-bond donors (Lipinski definition) is 2. The average molecular weight is 471 g/mol. The van der Waals surface area contributed by atoms with Gasteiger partial charge in [-0.15, -0.1) is 11.3 Å². The Labute approximate surface area is 202 Å². The molecule has 2 aromatic carbocycles. The summed E-state index contributed by atoms with van der Waals surface area (Å²) < 4.78 is 1.80. The fourth-order valence-corrected chi connectivity index (χ4v) is 5.18. The number of thiazole rings is 1. The Hall–Kier alpha value is -3.71. The normalized spacial score (nSPS) is 15.2. The van der Waals surface area contributed by atoms with Crippen molar-refractivity contribution in [3.8, 4) is 22.8 Å². The Balaban J connectivity index is 1.53. The van der Waals surface area contributed by atoms with E-state index in [0.29, 0.717) is 16.3 Å². The van der Waals surface area contributed by atoms with Gasteiger partial charge in [0.15, 0.2) is 11.5 Å². The molecule has 0 amide bonds. The first-order valence-corrected chi connectivity index (χ1v) is 12.4. The van der Waals surface area contributed by atoms with Gasteiger partial charge >= 0.3 is 0 Å². The predicted octanol–water partition coefficient (Wildman–Crippen LogP) is 6.19. The molecule has 6 nitrogen and oxygen atoms in total. The van der Waals surface area contributed by atoms with E-state index in [9.17, 15) is 10.2 Å². The molecule has 5 rings (SSSR count). The van der Waals surface area contributed by atoms with Crippen LogP contribution >= 0.6 is 11.3 Å².